The molecule has 0 unspecified atom stereocenters. The number of fused-ring (bicyclic) bond motifs is 1. The van der Waals surface area contributed by atoms with Gasteiger partial charge in [-0.05, 0) is 40.2 Å². The second-order valence-electron chi connectivity index (χ2n) is 5.96. The van der Waals surface area contributed by atoms with Gasteiger partial charge in [-0.3, -0.25) is 14.5 Å². The van der Waals surface area contributed by atoms with Crippen molar-refractivity contribution in [2.75, 3.05) is 0 Å². The number of benzene rings is 3. The number of imide groups is 1. The fourth-order valence-corrected chi connectivity index (χ4v) is 3.82. The molecule has 1 N–H and O–H groups in total. The Morgan fingerprint density at radius 2 is 1.65 bits per heavy atom. The van der Waals surface area contributed by atoms with Crippen LogP contribution in [0.2, 0.25) is 0 Å². The largest absolute Gasteiger partial charge is 0.507 e. The minimum Gasteiger partial charge on any atom is -0.507 e. The third-order valence-electron chi connectivity index (χ3n) is 4.31. The number of para-hydroxylation sites is 1. The Morgan fingerprint density at radius 3 is 2.50 bits per heavy atom. The number of carbonyl (C=O) groups is 2. The van der Waals surface area contributed by atoms with Gasteiger partial charge in [0.2, 0.25) is 0 Å². The standard InChI is InChI=1S/C21H15NO3S/c23-18-11-4-2-7-15(18)12-19-20(24)22(21(25)26-19)13-16-9-5-8-14-6-1-3-10-17(14)16/h1-12,23H,13H2/b19-12-. The van der Waals surface area contributed by atoms with Crippen molar-refractivity contribution in [3.8, 4) is 5.75 Å². The van der Waals surface area contributed by atoms with E-state index in [1.165, 1.54) is 4.90 Å². The number of phenols is 1. The van der Waals surface area contributed by atoms with Crippen LogP contribution in [0.1, 0.15) is 11.1 Å². The molecule has 1 fully saturated rings. The van der Waals surface area contributed by atoms with Crippen LogP contribution in [0.15, 0.2) is 71.6 Å². The second kappa shape index (κ2) is 6.69. The number of aromatic hydroxyl groups is 1. The molecule has 26 heavy (non-hydrogen) atoms. The molecule has 0 radical (unpaired) electrons. The first-order chi connectivity index (χ1) is 12.6. The van der Waals surface area contributed by atoms with E-state index in [0.29, 0.717) is 10.5 Å². The van der Waals surface area contributed by atoms with E-state index < -0.39 is 0 Å². The fraction of sp³-hybridized carbons (Fsp3) is 0.0476. The molecule has 0 aliphatic carbocycles. The van der Waals surface area contributed by atoms with Gasteiger partial charge in [0.25, 0.3) is 11.1 Å². The van der Waals surface area contributed by atoms with E-state index in [9.17, 15) is 14.7 Å². The summed E-state index contributed by atoms with van der Waals surface area (Å²) >= 11 is 0.897. The van der Waals surface area contributed by atoms with Crippen LogP contribution in [0.3, 0.4) is 0 Å². The molecule has 1 aliphatic rings. The monoisotopic (exact) mass is 361 g/mol. The first-order valence-electron chi connectivity index (χ1n) is 8.13. The van der Waals surface area contributed by atoms with Crippen LogP contribution in [0.4, 0.5) is 4.79 Å². The van der Waals surface area contributed by atoms with Gasteiger partial charge in [0, 0.05) is 5.56 Å². The number of rotatable bonds is 3. The summed E-state index contributed by atoms with van der Waals surface area (Å²) in [5, 5.41) is 11.7. The van der Waals surface area contributed by atoms with Crippen molar-refractivity contribution in [1.29, 1.82) is 0 Å². The van der Waals surface area contributed by atoms with Gasteiger partial charge in [-0.15, -0.1) is 0 Å². The zero-order valence-electron chi connectivity index (χ0n) is 13.8. The van der Waals surface area contributed by atoms with Crippen LogP contribution in [-0.2, 0) is 11.3 Å². The molecule has 1 heterocycles. The van der Waals surface area contributed by atoms with Gasteiger partial charge in [0.15, 0.2) is 0 Å². The highest BCUT2D eigenvalue weighted by atomic mass is 32.2. The molecule has 1 saturated heterocycles. The van der Waals surface area contributed by atoms with E-state index in [1.807, 2.05) is 42.5 Å². The lowest BCUT2D eigenvalue weighted by Gasteiger charge is -2.14. The molecular weight excluding hydrogens is 346 g/mol. The van der Waals surface area contributed by atoms with Crippen molar-refractivity contribution in [3.05, 3.63) is 82.8 Å². The van der Waals surface area contributed by atoms with Gasteiger partial charge in [-0.2, -0.15) is 0 Å². The zero-order valence-corrected chi connectivity index (χ0v) is 14.6. The van der Waals surface area contributed by atoms with Crippen molar-refractivity contribution in [2.45, 2.75) is 6.54 Å². The summed E-state index contributed by atoms with van der Waals surface area (Å²) in [7, 11) is 0. The molecule has 0 aromatic heterocycles. The van der Waals surface area contributed by atoms with Crippen LogP contribution in [-0.4, -0.2) is 21.2 Å². The molecule has 0 spiro atoms. The summed E-state index contributed by atoms with van der Waals surface area (Å²) in [5.74, 6) is -0.260. The van der Waals surface area contributed by atoms with Gasteiger partial charge in [-0.1, -0.05) is 60.7 Å². The Morgan fingerprint density at radius 1 is 0.923 bits per heavy atom. The van der Waals surface area contributed by atoms with Crippen molar-refractivity contribution in [3.63, 3.8) is 0 Å². The maximum Gasteiger partial charge on any atom is 0.293 e. The molecule has 4 nitrogen and oxygen atoms in total. The topological polar surface area (TPSA) is 57.6 Å². The lowest BCUT2D eigenvalue weighted by molar-refractivity contribution is -0.123. The molecular formula is C21H15NO3S. The van der Waals surface area contributed by atoms with Crippen LogP contribution in [0, 0.1) is 0 Å². The summed E-state index contributed by atoms with van der Waals surface area (Å²) in [6.07, 6.45) is 1.56. The maximum absolute atomic E-state index is 12.7. The summed E-state index contributed by atoms with van der Waals surface area (Å²) < 4.78 is 0. The first kappa shape index (κ1) is 16.4. The summed E-state index contributed by atoms with van der Waals surface area (Å²) in [6, 6.07) is 20.5. The number of carbonyl (C=O) groups excluding carboxylic acids is 2. The lowest BCUT2D eigenvalue weighted by Crippen LogP contribution is -2.27. The van der Waals surface area contributed by atoms with Crippen LogP contribution < -0.4 is 0 Å². The average Bonchev–Trinajstić information content (AvgIpc) is 2.91. The predicted molar refractivity (Wildman–Crippen MR) is 104 cm³/mol. The number of nitrogens with zero attached hydrogens (tertiary/aromatic N) is 1. The van der Waals surface area contributed by atoms with Crippen molar-refractivity contribution in [1.82, 2.24) is 4.90 Å². The Bertz CT molecular complexity index is 1050. The van der Waals surface area contributed by atoms with E-state index >= 15 is 0 Å². The van der Waals surface area contributed by atoms with E-state index in [4.69, 9.17) is 0 Å². The number of thioether (sulfide) groups is 1. The Balaban J connectivity index is 1.65. The Kier molecular flexibility index (Phi) is 4.22. The van der Waals surface area contributed by atoms with Gasteiger partial charge >= 0.3 is 0 Å². The van der Waals surface area contributed by atoms with E-state index in [1.54, 1.807) is 30.3 Å². The van der Waals surface area contributed by atoms with E-state index in [2.05, 4.69) is 0 Å². The van der Waals surface area contributed by atoms with Gasteiger partial charge < -0.3 is 5.11 Å². The van der Waals surface area contributed by atoms with Crippen LogP contribution >= 0.6 is 11.8 Å². The third kappa shape index (κ3) is 2.97. The number of phenolic OH excluding ortho intramolecular Hbond substituents is 1. The molecule has 128 valence electrons. The predicted octanol–water partition coefficient (Wildman–Crippen LogP) is 4.78. The molecule has 5 heteroatoms. The van der Waals surface area contributed by atoms with Crippen molar-refractivity contribution >= 4 is 39.8 Å². The number of hydrogen-bond donors (Lipinski definition) is 1. The average molecular weight is 361 g/mol. The van der Waals surface area contributed by atoms with Crippen LogP contribution in [0.25, 0.3) is 16.8 Å². The normalized spacial score (nSPS) is 16.0. The molecule has 3 aromatic rings. The molecule has 1 aliphatic heterocycles. The molecule has 0 saturated carbocycles. The summed E-state index contributed by atoms with van der Waals surface area (Å²) in [6.45, 7) is 0.226. The summed E-state index contributed by atoms with van der Waals surface area (Å²) in [4.78, 5) is 26.6. The molecule has 0 atom stereocenters. The molecule has 4 rings (SSSR count). The minimum absolute atomic E-state index is 0.0772. The van der Waals surface area contributed by atoms with E-state index in [-0.39, 0.29) is 23.4 Å². The Labute approximate surface area is 154 Å². The number of hydrogen-bond acceptors (Lipinski definition) is 4. The van der Waals surface area contributed by atoms with Gasteiger partial charge in [-0.25, -0.2) is 0 Å². The second-order valence-corrected chi connectivity index (χ2v) is 6.96. The molecule has 3 aromatic carbocycles. The van der Waals surface area contributed by atoms with Crippen molar-refractivity contribution in [2.24, 2.45) is 0 Å². The highest BCUT2D eigenvalue weighted by Crippen LogP contribution is 2.35. The third-order valence-corrected chi connectivity index (χ3v) is 5.21. The maximum atomic E-state index is 12.7. The zero-order chi connectivity index (χ0) is 18.1. The molecule has 0 bridgehead atoms. The highest BCUT2D eigenvalue weighted by molar-refractivity contribution is 8.18. The minimum atomic E-state index is -0.337. The van der Waals surface area contributed by atoms with E-state index in [0.717, 1.165) is 28.1 Å². The quantitative estimate of drug-likeness (QED) is 0.682. The highest BCUT2D eigenvalue weighted by Gasteiger charge is 2.35. The first-order valence-corrected chi connectivity index (χ1v) is 8.95. The fourth-order valence-electron chi connectivity index (χ4n) is 2.99. The smallest absolute Gasteiger partial charge is 0.293 e. The number of amides is 2. The van der Waals surface area contributed by atoms with Crippen molar-refractivity contribution < 1.29 is 14.7 Å². The molecule has 2 amide bonds. The van der Waals surface area contributed by atoms with Crippen LogP contribution in [0.5, 0.6) is 5.75 Å². The lowest BCUT2D eigenvalue weighted by atomic mass is 10.0. The SMILES string of the molecule is O=C1S/C(=C\c2ccccc2O)C(=O)N1Cc1cccc2ccccc12. The Hall–Kier alpha value is -3.05. The van der Waals surface area contributed by atoms with Gasteiger partial charge in [0.05, 0.1) is 11.4 Å². The summed E-state index contributed by atoms with van der Waals surface area (Å²) in [5.41, 5.74) is 1.44. The van der Waals surface area contributed by atoms with Gasteiger partial charge in [0.1, 0.15) is 5.75 Å².